The lowest BCUT2D eigenvalue weighted by atomic mass is 9.84. The average Bonchev–Trinajstić information content (AvgIpc) is 2.98. The van der Waals surface area contributed by atoms with E-state index in [4.69, 9.17) is 0 Å². The van der Waals surface area contributed by atoms with Crippen molar-refractivity contribution in [3.05, 3.63) is 99.6 Å². The van der Waals surface area contributed by atoms with Gasteiger partial charge < -0.3 is 10.0 Å². The first-order chi connectivity index (χ1) is 15.2. The number of para-hydroxylation sites is 1. The minimum absolute atomic E-state index is 0.206. The molecule has 32 heavy (non-hydrogen) atoms. The zero-order chi connectivity index (χ0) is 23.0. The first-order valence-corrected chi connectivity index (χ1v) is 11.0. The van der Waals surface area contributed by atoms with E-state index in [1.807, 2.05) is 70.2 Å². The van der Waals surface area contributed by atoms with Crippen LogP contribution in [0, 0.1) is 27.7 Å². The maximum absolute atomic E-state index is 13.5. The molecule has 1 aliphatic heterocycles. The highest BCUT2D eigenvalue weighted by molar-refractivity contribution is 6.11. The van der Waals surface area contributed by atoms with Gasteiger partial charge in [-0.2, -0.15) is 0 Å². The highest BCUT2D eigenvalue weighted by Crippen LogP contribution is 2.43. The number of rotatable bonds is 6. The van der Waals surface area contributed by atoms with Gasteiger partial charge in [-0.1, -0.05) is 54.6 Å². The normalized spacial score (nSPS) is 17.5. The number of anilines is 1. The summed E-state index contributed by atoms with van der Waals surface area (Å²) >= 11 is 0. The number of carbonyl (C=O) groups excluding carboxylic acids is 2. The van der Waals surface area contributed by atoms with Gasteiger partial charge in [-0.15, -0.1) is 0 Å². The van der Waals surface area contributed by atoms with Crippen LogP contribution in [0.5, 0.6) is 0 Å². The van der Waals surface area contributed by atoms with Crippen LogP contribution in [0.1, 0.15) is 50.2 Å². The van der Waals surface area contributed by atoms with Crippen LogP contribution in [0.4, 0.5) is 5.69 Å². The third kappa shape index (κ3) is 3.65. The molecule has 0 saturated carbocycles. The molecule has 0 unspecified atom stereocenters. The van der Waals surface area contributed by atoms with Gasteiger partial charge >= 0.3 is 0 Å². The Morgan fingerprint density at radius 3 is 2.16 bits per heavy atom. The summed E-state index contributed by atoms with van der Waals surface area (Å²) in [5, 5.41) is 11.6. The second-order valence-corrected chi connectivity index (χ2v) is 8.81. The van der Waals surface area contributed by atoms with Gasteiger partial charge in [0.05, 0.1) is 12.1 Å². The van der Waals surface area contributed by atoms with E-state index < -0.39 is 11.5 Å². The Labute approximate surface area is 189 Å². The van der Waals surface area contributed by atoms with Crippen LogP contribution in [0.15, 0.2) is 60.7 Å². The molecule has 164 valence electrons. The van der Waals surface area contributed by atoms with Gasteiger partial charge in [-0.3, -0.25) is 9.59 Å². The topological polar surface area (TPSA) is 57.6 Å². The van der Waals surface area contributed by atoms with Crippen molar-refractivity contribution in [1.29, 1.82) is 0 Å². The number of ketones is 1. The number of Topliss-reactive ketones (excluding diaryl/α,β-unsaturated/α-hetero) is 1. The molecule has 1 aliphatic rings. The smallest absolute Gasteiger partial charge is 0.264 e. The van der Waals surface area contributed by atoms with E-state index in [0.717, 1.165) is 27.8 Å². The monoisotopic (exact) mass is 427 g/mol. The third-order valence-corrected chi connectivity index (χ3v) is 6.77. The Balaban J connectivity index is 1.67. The van der Waals surface area contributed by atoms with E-state index in [1.54, 1.807) is 17.0 Å². The molecule has 1 N–H and O–H groups in total. The van der Waals surface area contributed by atoms with Crippen LogP contribution in [0.3, 0.4) is 0 Å². The second kappa shape index (κ2) is 8.36. The molecule has 0 radical (unpaired) electrons. The minimum atomic E-state index is -1.86. The van der Waals surface area contributed by atoms with E-state index in [2.05, 4.69) is 6.07 Å². The average molecular weight is 428 g/mol. The van der Waals surface area contributed by atoms with Crippen molar-refractivity contribution < 1.29 is 14.7 Å². The van der Waals surface area contributed by atoms with Gasteiger partial charge in [0.2, 0.25) is 0 Å². The van der Waals surface area contributed by atoms with Gasteiger partial charge in [-0.25, -0.2) is 0 Å². The Bertz CT molecular complexity index is 1170. The molecule has 4 nitrogen and oxygen atoms in total. The number of amides is 1. The standard InChI is InChI=1S/C28H29NO3/c1-18-16-19(2)21(4)26(20(18)3)25(30)17-28(32)23-12-8-9-13-24(23)29(27(28)31)15-14-22-10-6-5-7-11-22/h5-13,16,32H,14-15,17H2,1-4H3/t28-/m0/s1. The van der Waals surface area contributed by atoms with Crippen molar-refractivity contribution >= 4 is 17.4 Å². The summed E-state index contributed by atoms with van der Waals surface area (Å²) < 4.78 is 0. The number of benzene rings is 3. The molecular formula is C28H29NO3. The van der Waals surface area contributed by atoms with E-state index in [-0.39, 0.29) is 12.2 Å². The maximum Gasteiger partial charge on any atom is 0.264 e. The Kier molecular flexibility index (Phi) is 5.74. The van der Waals surface area contributed by atoms with Crippen molar-refractivity contribution in [1.82, 2.24) is 0 Å². The number of carbonyl (C=O) groups is 2. The van der Waals surface area contributed by atoms with Crippen LogP contribution in [-0.2, 0) is 16.8 Å². The number of aliphatic hydroxyl groups is 1. The zero-order valence-electron chi connectivity index (χ0n) is 19.1. The summed E-state index contributed by atoms with van der Waals surface area (Å²) in [5.74, 6) is -0.634. The third-order valence-electron chi connectivity index (χ3n) is 6.77. The van der Waals surface area contributed by atoms with Crippen molar-refractivity contribution in [3.63, 3.8) is 0 Å². The molecule has 0 saturated heterocycles. The summed E-state index contributed by atoms with van der Waals surface area (Å²) in [7, 11) is 0. The Morgan fingerprint density at radius 2 is 1.50 bits per heavy atom. The predicted octanol–water partition coefficient (Wildman–Crippen LogP) is 4.97. The van der Waals surface area contributed by atoms with Crippen LogP contribution < -0.4 is 4.90 Å². The van der Waals surface area contributed by atoms with Gasteiger partial charge in [0.1, 0.15) is 0 Å². The first kappa shape index (κ1) is 22.0. The molecule has 0 bridgehead atoms. The van der Waals surface area contributed by atoms with Crippen molar-refractivity contribution in [3.8, 4) is 0 Å². The summed E-state index contributed by atoms with van der Waals surface area (Å²) in [5.41, 5.74) is 4.93. The molecule has 1 heterocycles. The number of hydrogen-bond donors (Lipinski definition) is 1. The molecular weight excluding hydrogens is 398 g/mol. The molecule has 0 fully saturated rings. The summed E-state index contributed by atoms with van der Waals surface area (Å²) in [4.78, 5) is 28.6. The molecule has 0 spiro atoms. The van der Waals surface area contributed by atoms with E-state index >= 15 is 0 Å². The molecule has 1 atom stereocenters. The van der Waals surface area contributed by atoms with Gasteiger partial charge in [-0.05, 0) is 68.0 Å². The van der Waals surface area contributed by atoms with Crippen molar-refractivity contribution in [2.45, 2.75) is 46.1 Å². The predicted molar refractivity (Wildman–Crippen MR) is 127 cm³/mol. The molecule has 0 aromatic heterocycles. The lowest BCUT2D eigenvalue weighted by molar-refractivity contribution is -0.135. The first-order valence-electron chi connectivity index (χ1n) is 11.0. The van der Waals surface area contributed by atoms with E-state index in [1.165, 1.54) is 0 Å². The molecule has 1 amide bonds. The second-order valence-electron chi connectivity index (χ2n) is 8.81. The summed E-state index contributed by atoms with van der Waals surface area (Å²) in [6.07, 6.45) is 0.398. The van der Waals surface area contributed by atoms with Crippen LogP contribution in [0.2, 0.25) is 0 Å². The quantitative estimate of drug-likeness (QED) is 0.565. The number of fused-ring (bicyclic) bond motifs is 1. The fourth-order valence-electron chi connectivity index (χ4n) is 4.74. The fourth-order valence-corrected chi connectivity index (χ4v) is 4.74. The largest absolute Gasteiger partial charge is 0.375 e. The van der Waals surface area contributed by atoms with Crippen molar-refractivity contribution in [2.24, 2.45) is 0 Å². The minimum Gasteiger partial charge on any atom is -0.375 e. The lowest BCUT2D eigenvalue weighted by Crippen LogP contribution is -2.42. The van der Waals surface area contributed by atoms with E-state index in [9.17, 15) is 14.7 Å². The molecule has 4 rings (SSSR count). The molecule has 4 heteroatoms. The van der Waals surface area contributed by atoms with Gasteiger partial charge in [0.25, 0.3) is 5.91 Å². The van der Waals surface area contributed by atoms with Crippen LogP contribution >= 0.6 is 0 Å². The Morgan fingerprint density at radius 1 is 0.906 bits per heavy atom. The number of hydrogen-bond acceptors (Lipinski definition) is 3. The molecule has 0 aliphatic carbocycles. The summed E-state index contributed by atoms with van der Waals surface area (Å²) in [6, 6.07) is 19.3. The van der Waals surface area contributed by atoms with Crippen molar-refractivity contribution in [2.75, 3.05) is 11.4 Å². The zero-order valence-corrected chi connectivity index (χ0v) is 19.1. The van der Waals surface area contributed by atoms with Crippen LogP contribution in [-0.4, -0.2) is 23.3 Å². The molecule has 3 aromatic carbocycles. The summed E-state index contributed by atoms with van der Waals surface area (Å²) in [6.45, 7) is 8.26. The Hall–Kier alpha value is -3.24. The van der Waals surface area contributed by atoms with Crippen LogP contribution in [0.25, 0.3) is 0 Å². The highest BCUT2D eigenvalue weighted by atomic mass is 16.3. The van der Waals surface area contributed by atoms with E-state index in [0.29, 0.717) is 29.8 Å². The van der Waals surface area contributed by atoms with Gasteiger partial charge in [0, 0.05) is 17.7 Å². The lowest BCUT2D eigenvalue weighted by Gasteiger charge is -2.24. The number of nitrogens with zero attached hydrogens (tertiary/aromatic N) is 1. The fraction of sp³-hybridized carbons (Fsp3) is 0.286. The molecule has 3 aromatic rings. The SMILES string of the molecule is Cc1cc(C)c(C)c(C(=O)C[C@@]2(O)C(=O)N(CCc3ccccc3)c3ccccc32)c1C. The van der Waals surface area contributed by atoms with Gasteiger partial charge in [0.15, 0.2) is 11.4 Å². The number of aryl methyl sites for hydroxylation is 2. The highest BCUT2D eigenvalue weighted by Gasteiger charge is 2.50. The maximum atomic E-state index is 13.5.